The van der Waals surface area contributed by atoms with E-state index >= 15 is 0 Å². The first-order valence-electron chi connectivity index (χ1n) is 14.0. The van der Waals surface area contributed by atoms with Crippen LogP contribution in [-0.4, -0.2) is 29.7 Å². The molecule has 194 valence electrons. The molecule has 0 atom stereocenters. The zero-order valence-electron chi connectivity index (χ0n) is 22.3. The summed E-state index contributed by atoms with van der Waals surface area (Å²) in [5.74, 6) is 4.58. The van der Waals surface area contributed by atoms with E-state index in [-0.39, 0.29) is 5.97 Å². The molecule has 0 spiro atoms. The third kappa shape index (κ3) is 5.40. The number of nitrogens with zero attached hydrogens (tertiary/aromatic N) is 2. The fourth-order valence-corrected chi connectivity index (χ4v) is 7.74. The Morgan fingerprint density at radius 3 is 2.33 bits per heavy atom. The molecule has 36 heavy (non-hydrogen) atoms. The first kappa shape index (κ1) is 25.1. The molecular weight excluding hydrogens is 448 g/mol. The Labute approximate surface area is 216 Å². The van der Waals surface area contributed by atoms with Gasteiger partial charge in [-0.05, 0) is 98.3 Å². The number of ether oxygens (including phenoxy) is 2. The van der Waals surface area contributed by atoms with Crippen molar-refractivity contribution < 1.29 is 14.3 Å². The molecule has 0 amide bonds. The van der Waals surface area contributed by atoms with Crippen LogP contribution < -0.4 is 4.74 Å². The molecule has 4 aliphatic rings. The van der Waals surface area contributed by atoms with Crippen LogP contribution in [-0.2, 0) is 28.9 Å². The van der Waals surface area contributed by atoms with E-state index in [0.717, 1.165) is 66.4 Å². The Hall–Kier alpha value is -2.56. The summed E-state index contributed by atoms with van der Waals surface area (Å²) in [6.45, 7) is 3.22. The lowest BCUT2D eigenvalue weighted by Gasteiger charge is -2.57. The largest absolute Gasteiger partial charge is 0.497 e. The van der Waals surface area contributed by atoms with E-state index in [2.05, 4.69) is 11.5 Å². The van der Waals surface area contributed by atoms with Crippen molar-refractivity contribution in [3.63, 3.8) is 0 Å². The van der Waals surface area contributed by atoms with Crippen LogP contribution in [0.3, 0.4) is 0 Å². The summed E-state index contributed by atoms with van der Waals surface area (Å²) in [5.41, 5.74) is 3.26. The van der Waals surface area contributed by atoms with Gasteiger partial charge in [-0.25, -0.2) is 9.78 Å². The van der Waals surface area contributed by atoms with E-state index in [9.17, 15) is 4.79 Å². The van der Waals surface area contributed by atoms with E-state index in [1.807, 2.05) is 36.5 Å². The van der Waals surface area contributed by atoms with Gasteiger partial charge in [-0.15, -0.1) is 0 Å². The summed E-state index contributed by atoms with van der Waals surface area (Å²) >= 11 is 0. The van der Waals surface area contributed by atoms with Gasteiger partial charge in [-0.2, -0.15) is 0 Å². The predicted octanol–water partition coefficient (Wildman–Crippen LogP) is 6.64. The van der Waals surface area contributed by atoms with Crippen LogP contribution >= 0.6 is 0 Å². The van der Waals surface area contributed by atoms with Crippen LogP contribution in [0.25, 0.3) is 6.08 Å². The highest BCUT2D eigenvalue weighted by Crippen LogP contribution is 2.61. The van der Waals surface area contributed by atoms with Crippen molar-refractivity contribution in [1.82, 2.24) is 9.55 Å². The molecule has 0 saturated heterocycles. The minimum absolute atomic E-state index is 0.283. The number of unbranched alkanes of at least 4 members (excludes halogenated alkanes) is 1. The summed E-state index contributed by atoms with van der Waals surface area (Å²) < 4.78 is 12.9. The van der Waals surface area contributed by atoms with Crippen LogP contribution in [0.1, 0.15) is 81.8 Å². The quantitative estimate of drug-likeness (QED) is 0.262. The Bertz CT molecular complexity index is 1050. The van der Waals surface area contributed by atoms with Gasteiger partial charge in [0, 0.05) is 25.0 Å². The number of rotatable bonds is 11. The average molecular weight is 491 g/mol. The van der Waals surface area contributed by atoms with Crippen molar-refractivity contribution in [3.8, 4) is 5.75 Å². The lowest BCUT2D eigenvalue weighted by molar-refractivity contribution is -0.136. The second-order valence-corrected chi connectivity index (χ2v) is 11.7. The van der Waals surface area contributed by atoms with E-state index in [1.54, 1.807) is 7.11 Å². The van der Waals surface area contributed by atoms with Gasteiger partial charge < -0.3 is 14.0 Å². The number of carbonyl (C=O) groups is 1. The molecule has 0 radical (unpaired) electrons. The summed E-state index contributed by atoms with van der Waals surface area (Å²) in [4.78, 5) is 17.6. The van der Waals surface area contributed by atoms with Crippen LogP contribution in [0.2, 0.25) is 0 Å². The third-order valence-electron chi connectivity index (χ3n) is 9.08. The lowest BCUT2D eigenvalue weighted by atomic mass is 9.49. The number of hydrogen-bond acceptors (Lipinski definition) is 4. The number of benzene rings is 1. The van der Waals surface area contributed by atoms with Crippen molar-refractivity contribution in [2.75, 3.05) is 14.2 Å². The number of methoxy groups -OCH3 is 2. The first-order valence-corrected chi connectivity index (χ1v) is 14.0. The van der Waals surface area contributed by atoms with Crippen LogP contribution in [0.5, 0.6) is 5.75 Å². The third-order valence-corrected chi connectivity index (χ3v) is 9.08. The normalized spacial score (nSPS) is 26.9. The van der Waals surface area contributed by atoms with E-state index in [1.165, 1.54) is 52.1 Å². The maximum absolute atomic E-state index is 12.8. The fourth-order valence-electron chi connectivity index (χ4n) is 7.74. The monoisotopic (exact) mass is 490 g/mol. The Morgan fingerprint density at radius 2 is 1.75 bits per heavy atom. The molecule has 2 aromatic rings. The highest BCUT2D eigenvalue weighted by Gasteiger charge is 2.50. The highest BCUT2D eigenvalue weighted by molar-refractivity contribution is 5.93. The standard InChI is InChI=1S/C31H42N2O3/c1-4-5-6-29-32-21-27(17-26(30(34)36-3)16-22-7-9-28(35-2)10-8-22)33(29)12-11-31-18-23-13-24(19-31)15-25(14-23)20-31/h7-10,17,21,23-25H,4-6,11-16,18-20H2,1-3H3. The number of hydrogen-bond donors (Lipinski definition) is 0. The topological polar surface area (TPSA) is 53.4 Å². The van der Waals surface area contributed by atoms with Crippen molar-refractivity contribution in [3.05, 3.63) is 53.1 Å². The predicted molar refractivity (Wildman–Crippen MR) is 143 cm³/mol. The Balaban J connectivity index is 1.40. The van der Waals surface area contributed by atoms with Crippen molar-refractivity contribution in [2.45, 2.75) is 84.1 Å². The SMILES string of the molecule is CCCCc1ncc(C=C(Cc2ccc(OC)cc2)C(=O)OC)n1CCC12CC3CC(CC(C3)C1)C2. The summed E-state index contributed by atoms with van der Waals surface area (Å²) in [7, 11) is 3.12. The average Bonchev–Trinajstić information content (AvgIpc) is 3.26. The van der Waals surface area contributed by atoms with Crippen molar-refractivity contribution in [1.29, 1.82) is 0 Å². The summed E-state index contributed by atoms with van der Waals surface area (Å²) in [6.07, 6.45) is 17.7. The van der Waals surface area contributed by atoms with Crippen LogP contribution in [0.4, 0.5) is 0 Å². The fraction of sp³-hybridized carbons (Fsp3) is 0.613. The minimum Gasteiger partial charge on any atom is -0.497 e. The summed E-state index contributed by atoms with van der Waals surface area (Å²) in [5, 5.41) is 0. The second-order valence-electron chi connectivity index (χ2n) is 11.7. The molecular formula is C31H42N2O3. The molecule has 5 heteroatoms. The molecule has 6 rings (SSSR count). The van der Waals surface area contributed by atoms with Crippen molar-refractivity contribution in [2.24, 2.45) is 23.2 Å². The molecule has 1 heterocycles. The minimum atomic E-state index is -0.283. The molecule has 0 aliphatic heterocycles. The van der Waals surface area contributed by atoms with E-state index < -0.39 is 0 Å². The van der Waals surface area contributed by atoms with Crippen molar-refractivity contribution >= 4 is 12.0 Å². The van der Waals surface area contributed by atoms with Crippen LogP contribution in [0, 0.1) is 23.2 Å². The number of imidazole rings is 1. The van der Waals surface area contributed by atoms with Gasteiger partial charge in [0.1, 0.15) is 11.6 Å². The zero-order chi connectivity index (χ0) is 25.1. The molecule has 4 fully saturated rings. The van der Waals surface area contributed by atoms with Gasteiger partial charge in [-0.3, -0.25) is 0 Å². The smallest absolute Gasteiger partial charge is 0.334 e. The Morgan fingerprint density at radius 1 is 1.08 bits per heavy atom. The highest BCUT2D eigenvalue weighted by atomic mass is 16.5. The van der Waals surface area contributed by atoms with Gasteiger partial charge in [0.25, 0.3) is 0 Å². The molecule has 0 unspecified atom stereocenters. The molecule has 4 aliphatic carbocycles. The second kappa shape index (κ2) is 10.8. The zero-order valence-corrected chi connectivity index (χ0v) is 22.3. The number of carbonyl (C=O) groups excluding carboxylic acids is 1. The number of aryl methyl sites for hydroxylation is 1. The van der Waals surface area contributed by atoms with E-state index in [0.29, 0.717) is 17.4 Å². The lowest BCUT2D eigenvalue weighted by Crippen LogP contribution is -2.46. The van der Waals surface area contributed by atoms with Gasteiger partial charge in [0.2, 0.25) is 0 Å². The molecule has 1 aromatic carbocycles. The van der Waals surface area contributed by atoms with Gasteiger partial charge in [0.05, 0.1) is 26.1 Å². The van der Waals surface area contributed by atoms with Gasteiger partial charge >= 0.3 is 5.97 Å². The Kier molecular flexibility index (Phi) is 7.55. The maximum Gasteiger partial charge on any atom is 0.334 e. The maximum atomic E-state index is 12.8. The molecule has 1 aromatic heterocycles. The molecule has 4 bridgehead atoms. The number of esters is 1. The van der Waals surface area contributed by atoms with Gasteiger partial charge in [-0.1, -0.05) is 25.5 Å². The molecule has 0 N–H and O–H groups in total. The first-order chi connectivity index (χ1) is 17.5. The van der Waals surface area contributed by atoms with E-state index in [4.69, 9.17) is 14.5 Å². The van der Waals surface area contributed by atoms with Gasteiger partial charge in [0.15, 0.2) is 0 Å². The summed E-state index contributed by atoms with van der Waals surface area (Å²) in [6, 6.07) is 7.88. The van der Waals surface area contributed by atoms with Crippen LogP contribution in [0.15, 0.2) is 36.0 Å². The molecule has 5 nitrogen and oxygen atoms in total. The molecule has 4 saturated carbocycles. The number of aromatic nitrogens is 2.